The van der Waals surface area contributed by atoms with Crippen molar-refractivity contribution >= 4 is 6.03 Å². The highest BCUT2D eigenvalue weighted by Gasteiger charge is 2.20. The summed E-state index contributed by atoms with van der Waals surface area (Å²) in [6, 6.07) is 0.193. The molecule has 0 aromatic heterocycles. The molecule has 0 unspecified atom stereocenters. The Morgan fingerprint density at radius 3 is 2.64 bits per heavy atom. The third-order valence-corrected chi connectivity index (χ3v) is 2.62. The maximum atomic E-state index is 11.8. The van der Waals surface area contributed by atoms with E-state index in [4.69, 9.17) is 0 Å². The lowest BCUT2D eigenvalue weighted by Crippen LogP contribution is -2.40. The Morgan fingerprint density at radius 1 is 1.43 bits per heavy atom. The second kappa shape index (κ2) is 5.86. The molecule has 1 aliphatic rings. The highest BCUT2D eigenvalue weighted by Crippen LogP contribution is 2.09. The van der Waals surface area contributed by atoms with Crippen molar-refractivity contribution in [1.82, 2.24) is 15.1 Å². The van der Waals surface area contributed by atoms with Crippen molar-refractivity contribution < 1.29 is 4.79 Å². The highest BCUT2D eigenvalue weighted by molar-refractivity contribution is 5.74. The molecule has 0 aromatic rings. The van der Waals surface area contributed by atoms with E-state index in [1.165, 1.54) is 0 Å². The predicted molar refractivity (Wildman–Crippen MR) is 57.4 cm³/mol. The number of hydrogen-bond acceptors (Lipinski definition) is 2. The van der Waals surface area contributed by atoms with E-state index in [1.54, 1.807) is 0 Å². The van der Waals surface area contributed by atoms with Gasteiger partial charge in [-0.25, -0.2) is 4.79 Å². The molecule has 0 radical (unpaired) electrons. The van der Waals surface area contributed by atoms with Crippen LogP contribution in [0.3, 0.4) is 0 Å². The second-order valence-electron chi connectivity index (χ2n) is 3.86. The van der Waals surface area contributed by atoms with Crippen LogP contribution in [0.25, 0.3) is 0 Å². The van der Waals surface area contributed by atoms with E-state index in [-0.39, 0.29) is 6.03 Å². The van der Waals surface area contributed by atoms with Gasteiger partial charge in [-0.1, -0.05) is 0 Å². The number of hydrogen-bond donors (Lipinski definition) is 1. The molecule has 1 N–H and O–H groups in total. The van der Waals surface area contributed by atoms with Crippen molar-refractivity contribution in [2.75, 3.05) is 40.3 Å². The van der Waals surface area contributed by atoms with Crippen LogP contribution in [0.2, 0.25) is 0 Å². The number of urea groups is 1. The van der Waals surface area contributed by atoms with Gasteiger partial charge in [-0.2, -0.15) is 0 Å². The summed E-state index contributed by atoms with van der Waals surface area (Å²) >= 11 is 0. The summed E-state index contributed by atoms with van der Waals surface area (Å²) in [5.74, 6) is 0. The van der Waals surface area contributed by atoms with Gasteiger partial charge in [0.15, 0.2) is 0 Å². The zero-order chi connectivity index (χ0) is 10.4. The summed E-state index contributed by atoms with van der Waals surface area (Å²) in [6.07, 6.45) is 3.35. The second-order valence-corrected chi connectivity index (χ2v) is 3.86. The first-order valence-electron chi connectivity index (χ1n) is 5.40. The third-order valence-electron chi connectivity index (χ3n) is 2.62. The molecule has 1 rings (SSSR count). The maximum Gasteiger partial charge on any atom is 0.319 e. The molecule has 1 heterocycles. The van der Waals surface area contributed by atoms with E-state index in [9.17, 15) is 4.79 Å². The molecular weight excluding hydrogens is 178 g/mol. The van der Waals surface area contributed by atoms with Crippen LogP contribution >= 0.6 is 0 Å². The van der Waals surface area contributed by atoms with Crippen LogP contribution in [0.4, 0.5) is 4.79 Å². The molecule has 2 amide bonds. The number of nitrogens with one attached hydrogen (secondary N) is 1. The third kappa shape index (κ3) is 3.18. The fraction of sp³-hybridized carbons (Fsp3) is 0.900. The lowest BCUT2D eigenvalue weighted by Gasteiger charge is -2.24. The quantitative estimate of drug-likeness (QED) is 0.678. The number of likely N-dealkylation sites (tertiary alicyclic amines) is 1. The van der Waals surface area contributed by atoms with Gasteiger partial charge in [-0.3, -0.25) is 0 Å². The average Bonchev–Trinajstić information content (AvgIpc) is 2.69. The summed E-state index contributed by atoms with van der Waals surface area (Å²) < 4.78 is 0. The van der Waals surface area contributed by atoms with Crippen molar-refractivity contribution in [2.45, 2.75) is 19.3 Å². The van der Waals surface area contributed by atoms with E-state index in [0.717, 1.165) is 45.4 Å². The van der Waals surface area contributed by atoms with Crippen LogP contribution in [0.1, 0.15) is 19.3 Å². The Balaban J connectivity index is 2.21. The molecule has 0 spiro atoms. The van der Waals surface area contributed by atoms with Crippen molar-refractivity contribution in [3.8, 4) is 0 Å². The number of rotatable bonds is 4. The number of amides is 2. The van der Waals surface area contributed by atoms with Crippen LogP contribution in [0.15, 0.2) is 0 Å². The van der Waals surface area contributed by atoms with Gasteiger partial charge in [0.1, 0.15) is 0 Å². The lowest BCUT2D eigenvalue weighted by molar-refractivity contribution is 0.172. The molecule has 0 bridgehead atoms. The smallest absolute Gasteiger partial charge is 0.319 e. The fourth-order valence-corrected chi connectivity index (χ4v) is 1.74. The van der Waals surface area contributed by atoms with Gasteiger partial charge in [0.2, 0.25) is 0 Å². The summed E-state index contributed by atoms with van der Waals surface area (Å²) in [6.45, 7) is 3.69. The van der Waals surface area contributed by atoms with Gasteiger partial charge < -0.3 is 15.1 Å². The zero-order valence-corrected chi connectivity index (χ0v) is 9.25. The van der Waals surface area contributed by atoms with Crippen molar-refractivity contribution in [3.63, 3.8) is 0 Å². The molecule has 1 fully saturated rings. The molecule has 82 valence electrons. The Morgan fingerprint density at radius 2 is 2.07 bits per heavy atom. The standard InChI is InChI=1S/C10H21N3O/c1-11-6-5-7-12(2)10(14)13-8-3-4-9-13/h11H,3-9H2,1-2H3. The van der Waals surface area contributed by atoms with Crippen molar-refractivity contribution in [2.24, 2.45) is 0 Å². The Bertz CT molecular complexity index is 178. The van der Waals surface area contributed by atoms with E-state index in [2.05, 4.69) is 5.32 Å². The van der Waals surface area contributed by atoms with Crippen molar-refractivity contribution in [3.05, 3.63) is 0 Å². The molecule has 1 aliphatic heterocycles. The molecular formula is C10H21N3O. The molecule has 0 saturated carbocycles. The minimum atomic E-state index is 0.193. The molecule has 0 aromatic carbocycles. The molecule has 4 heteroatoms. The number of carbonyl (C=O) groups is 1. The Hall–Kier alpha value is -0.770. The minimum absolute atomic E-state index is 0.193. The molecule has 1 saturated heterocycles. The normalized spacial score (nSPS) is 16.0. The highest BCUT2D eigenvalue weighted by atomic mass is 16.2. The van der Waals surface area contributed by atoms with Gasteiger partial charge >= 0.3 is 6.03 Å². The first-order valence-corrected chi connectivity index (χ1v) is 5.40. The minimum Gasteiger partial charge on any atom is -0.328 e. The Kier molecular flexibility index (Phi) is 4.73. The van der Waals surface area contributed by atoms with Crippen molar-refractivity contribution in [1.29, 1.82) is 0 Å². The molecule has 4 nitrogen and oxygen atoms in total. The van der Waals surface area contributed by atoms with E-state index in [0.29, 0.717) is 0 Å². The number of carbonyl (C=O) groups excluding carboxylic acids is 1. The summed E-state index contributed by atoms with van der Waals surface area (Å²) in [7, 11) is 3.82. The van der Waals surface area contributed by atoms with E-state index >= 15 is 0 Å². The van der Waals surface area contributed by atoms with Gasteiger partial charge in [0.25, 0.3) is 0 Å². The first kappa shape index (κ1) is 11.3. The van der Waals surface area contributed by atoms with Gasteiger partial charge in [-0.05, 0) is 32.9 Å². The lowest BCUT2D eigenvalue weighted by atomic mass is 10.4. The monoisotopic (exact) mass is 199 g/mol. The molecule has 0 atom stereocenters. The largest absolute Gasteiger partial charge is 0.328 e. The van der Waals surface area contributed by atoms with Crippen LogP contribution in [0.5, 0.6) is 0 Å². The fourth-order valence-electron chi connectivity index (χ4n) is 1.74. The van der Waals surface area contributed by atoms with E-state index in [1.807, 2.05) is 23.9 Å². The van der Waals surface area contributed by atoms with Gasteiger partial charge in [-0.15, -0.1) is 0 Å². The van der Waals surface area contributed by atoms with Gasteiger partial charge in [0.05, 0.1) is 0 Å². The predicted octanol–water partition coefficient (Wildman–Crippen LogP) is 0.744. The molecule has 14 heavy (non-hydrogen) atoms. The summed E-state index contributed by atoms with van der Waals surface area (Å²) in [4.78, 5) is 15.5. The van der Waals surface area contributed by atoms with E-state index < -0.39 is 0 Å². The zero-order valence-electron chi connectivity index (χ0n) is 9.25. The first-order chi connectivity index (χ1) is 6.75. The summed E-state index contributed by atoms with van der Waals surface area (Å²) in [5, 5.41) is 3.08. The summed E-state index contributed by atoms with van der Waals surface area (Å²) in [5.41, 5.74) is 0. The van der Waals surface area contributed by atoms with Crippen LogP contribution in [-0.2, 0) is 0 Å². The Labute approximate surface area is 86.2 Å². The SMILES string of the molecule is CNCCCN(C)C(=O)N1CCCC1. The topological polar surface area (TPSA) is 35.6 Å². The van der Waals surface area contributed by atoms with Gasteiger partial charge in [0, 0.05) is 26.7 Å². The molecule has 0 aliphatic carbocycles. The van der Waals surface area contributed by atoms with Crippen LogP contribution in [-0.4, -0.2) is 56.1 Å². The maximum absolute atomic E-state index is 11.8. The van der Waals surface area contributed by atoms with Crippen LogP contribution in [0, 0.1) is 0 Å². The average molecular weight is 199 g/mol. The van der Waals surface area contributed by atoms with Crippen LogP contribution < -0.4 is 5.32 Å². The number of nitrogens with zero attached hydrogens (tertiary/aromatic N) is 2.